The lowest BCUT2D eigenvalue weighted by molar-refractivity contribution is -0.143. The number of aromatic nitrogens is 1. The van der Waals surface area contributed by atoms with Crippen LogP contribution in [0, 0.1) is 0 Å². The highest BCUT2D eigenvalue weighted by Gasteiger charge is 2.44. The molecule has 0 saturated heterocycles. The largest absolute Gasteiger partial charge is 0.434 e. The molecule has 1 aliphatic carbocycles. The summed E-state index contributed by atoms with van der Waals surface area (Å²) in [6.07, 6.45) is -2.48. The molecule has 9 heteroatoms. The minimum absolute atomic E-state index is 0.393. The lowest BCUT2D eigenvalue weighted by atomic mass is 9.78. The van der Waals surface area contributed by atoms with Crippen molar-refractivity contribution in [2.45, 2.75) is 35.9 Å². The standard InChI is InChI=1S/C11H13F3N2O3S/c12-11(13,14)9-8(3-1-6-15-9)20(18,19)16-10(7-17)4-2-5-10/h1,3,6,16-17H,2,4-5,7H2. The smallest absolute Gasteiger partial charge is 0.394 e. The zero-order valence-corrected chi connectivity index (χ0v) is 11.1. The summed E-state index contributed by atoms with van der Waals surface area (Å²) in [4.78, 5) is 2.19. The SMILES string of the molecule is O=S(=O)(NC1(CO)CCC1)c1cccnc1C(F)(F)F. The summed E-state index contributed by atoms with van der Waals surface area (Å²) in [5.74, 6) is 0. The number of sulfonamides is 1. The minimum atomic E-state index is -4.86. The molecule has 0 aromatic carbocycles. The van der Waals surface area contributed by atoms with Crippen LogP contribution in [-0.2, 0) is 16.2 Å². The number of nitrogens with zero attached hydrogens (tertiary/aromatic N) is 1. The average Bonchev–Trinajstić information content (AvgIpc) is 2.33. The van der Waals surface area contributed by atoms with E-state index >= 15 is 0 Å². The van der Waals surface area contributed by atoms with Gasteiger partial charge in [0.05, 0.1) is 12.1 Å². The molecule has 1 heterocycles. The van der Waals surface area contributed by atoms with Crippen molar-refractivity contribution < 1.29 is 26.7 Å². The van der Waals surface area contributed by atoms with Gasteiger partial charge in [-0.25, -0.2) is 13.1 Å². The van der Waals surface area contributed by atoms with Crippen molar-refractivity contribution in [3.63, 3.8) is 0 Å². The maximum Gasteiger partial charge on any atom is 0.434 e. The lowest BCUT2D eigenvalue weighted by Crippen LogP contribution is -2.56. The summed E-state index contributed by atoms with van der Waals surface area (Å²) in [6, 6.07) is 1.97. The van der Waals surface area contributed by atoms with Gasteiger partial charge in [0.25, 0.3) is 0 Å². The maximum atomic E-state index is 12.8. The highest BCUT2D eigenvalue weighted by atomic mass is 32.2. The number of nitrogens with one attached hydrogen (secondary N) is 1. The zero-order chi connectivity index (χ0) is 15.0. The Morgan fingerprint density at radius 1 is 1.40 bits per heavy atom. The van der Waals surface area contributed by atoms with Gasteiger partial charge in [-0.3, -0.25) is 4.98 Å². The van der Waals surface area contributed by atoms with Crippen LogP contribution in [0.3, 0.4) is 0 Å². The molecule has 1 aromatic heterocycles. The molecule has 1 aromatic rings. The van der Waals surface area contributed by atoms with Gasteiger partial charge in [-0.15, -0.1) is 0 Å². The van der Waals surface area contributed by atoms with E-state index in [-0.39, 0.29) is 0 Å². The van der Waals surface area contributed by atoms with Crippen LogP contribution >= 0.6 is 0 Å². The molecule has 5 nitrogen and oxygen atoms in total. The number of pyridine rings is 1. The van der Waals surface area contributed by atoms with Crippen molar-refractivity contribution in [1.82, 2.24) is 9.71 Å². The summed E-state index contributed by atoms with van der Waals surface area (Å²) in [5, 5.41) is 9.21. The van der Waals surface area contributed by atoms with Crippen molar-refractivity contribution in [2.24, 2.45) is 0 Å². The first-order chi connectivity index (χ1) is 9.20. The van der Waals surface area contributed by atoms with Gasteiger partial charge in [-0.05, 0) is 31.4 Å². The molecule has 0 radical (unpaired) electrons. The Hall–Kier alpha value is -1.19. The van der Waals surface area contributed by atoms with Gasteiger partial charge in [0.2, 0.25) is 10.0 Å². The number of halogens is 3. The second-order valence-electron chi connectivity index (χ2n) is 4.75. The molecule has 1 saturated carbocycles. The van der Waals surface area contributed by atoms with Gasteiger partial charge < -0.3 is 5.11 Å². The van der Waals surface area contributed by atoms with Gasteiger partial charge >= 0.3 is 6.18 Å². The van der Waals surface area contributed by atoms with E-state index in [1.54, 1.807) is 0 Å². The van der Waals surface area contributed by atoms with Crippen LogP contribution in [0.4, 0.5) is 13.2 Å². The minimum Gasteiger partial charge on any atom is -0.394 e. The van der Waals surface area contributed by atoms with Crippen LogP contribution in [-0.4, -0.2) is 30.7 Å². The topological polar surface area (TPSA) is 79.3 Å². The van der Waals surface area contributed by atoms with Gasteiger partial charge in [0.15, 0.2) is 5.69 Å². The quantitative estimate of drug-likeness (QED) is 0.878. The zero-order valence-electron chi connectivity index (χ0n) is 10.3. The molecule has 0 unspecified atom stereocenters. The van der Waals surface area contributed by atoms with Crippen molar-refractivity contribution in [3.05, 3.63) is 24.0 Å². The molecule has 2 N–H and O–H groups in total. The maximum absolute atomic E-state index is 12.8. The Kier molecular flexibility index (Phi) is 3.78. The van der Waals surface area contributed by atoms with E-state index in [9.17, 15) is 26.7 Å². The van der Waals surface area contributed by atoms with E-state index in [2.05, 4.69) is 9.71 Å². The molecule has 1 fully saturated rings. The van der Waals surface area contributed by atoms with Crippen LogP contribution in [0.25, 0.3) is 0 Å². The number of rotatable bonds is 4. The fraction of sp³-hybridized carbons (Fsp3) is 0.545. The highest BCUT2D eigenvalue weighted by molar-refractivity contribution is 7.89. The summed E-state index contributed by atoms with van der Waals surface area (Å²) in [7, 11) is -4.40. The third-order valence-corrected chi connectivity index (χ3v) is 4.90. The average molecular weight is 310 g/mol. The van der Waals surface area contributed by atoms with E-state index in [0.717, 1.165) is 18.3 Å². The Bertz CT molecular complexity index is 592. The van der Waals surface area contributed by atoms with Gasteiger partial charge in [-0.1, -0.05) is 0 Å². The predicted octanol–water partition coefficient (Wildman–Crippen LogP) is 1.29. The summed E-state index contributed by atoms with van der Waals surface area (Å²) in [5.41, 5.74) is -2.52. The summed E-state index contributed by atoms with van der Waals surface area (Å²) < 4.78 is 64.7. The van der Waals surface area contributed by atoms with Crippen LogP contribution in [0.1, 0.15) is 25.0 Å². The van der Waals surface area contributed by atoms with Crippen LogP contribution in [0.15, 0.2) is 23.2 Å². The first-order valence-electron chi connectivity index (χ1n) is 5.87. The Morgan fingerprint density at radius 2 is 2.05 bits per heavy atom. The van der Waals surface area contributed by atoms with Crippen molar-refractivity contribution >= 4 is 10.0 Å². The molecule has 2 rings (SSSR count). The second-order valence-corrected chi connectivity index (χ2v) is 6.40. The Morgan fingerprint density at radius 3 is 2.50 bits per heavy atom. The molecule has 20 heavy (non-hydrogen) atoms. The third kappa shape index (κ3) is 2.79. The molecular formula is C11H13F3N2O3S. The summed E-state index contributed by atoms with van der Waals surface area (Å²) in [6.45, 7) is -0.451. The first kappa shape index (κ1) is 15.2. The Balaban J connectivity index is 2.40. The fourth-order valence-electron chi connectivity index (χ4n) is 2.06. The van der Waals surface area contributed by atoms with Crippen LogP contribution < -0.4 is 4.72 Å². The van der Waals surface area contributed by atoms with Crippen LogP contribution in [0.2, 0.25) is 0 Å². The second kappa shape index (κ2) is 4.97. The molecule has 0 aliphatic heterocycles. The Labute approximate surface area is 113 Å². The molecule has 112 valence electrons. The lowest BCUT2D eigenvalue weighted by Gasteiger charge is -2.40. The van der Waals surface area contributed by atoms with Crippen molar-refractivity contribution in [3.8, 4) is 0 Å². The van der Waals surface area contributed by atoms with Crippen molar-refractivity contribution in [2.75, 3.05) is 6.61 Å². The molecule has 0 atom stereocenters. The van der Waals surface area contributed by atoms with E-state index in [4.69, 9.17) is 0 Å². The number of alkyl halides is 3. The van der Waals surface area contributed by atoms with E-state index in [1.165, 1.54) is 0 Å². The third-order valence-electron chi connectivity index (χ3n) is 3.29. The van der Waals surface area contributed by atoms with Gasteiger partial charge in [-0.2, -0.15) is 13.2 Å². The fourth-order valence-corrected chi connectivity index (χ4v) is 3.69. The molecule has 0 spiro atoms. The van der Waals surface area contributed by atoms with E-state index in [0.29, 0.717) is 19.3 Å². The van der Waals surface area contributed by atoms with E-state index in [1.807, 2.05) is 0 Å². The normalized spacial score (nSPS) is 18.6. The number of hydrogen-bond acceptors (Lipinski definition) is 4. The van der Waals surface area contributed by atoms with Crippen LogP contribution in [0.5, 0.6) is 0 Å². The van der Waals surface area contributed by atoms with Crippen molar-refractivity contribution in [1.29, 1.82) is 0 Å². The monoisotopic (exact) mass is 310 g/mol. The number of hydrogen-bond donors (Lipinski definition) is 2. The molecule has 0 amide bonds. The van der Waals surface area contributed by atoms with Gasteiger partial charge in [0.1, 0.15) is 4.90 Å². The molecule has 1 aliphatic rings. The number of aliphatic hydroxyl groups is 1. The predicted molar refractivity (Wildman–Crippen MR) is 63.2 cm³/mol. The highest BCUT2D eigenvalue weighted by Crippen LogP contribution is 2.36. The van der Waals surface area contributed by atoms with Gasteiger partial charge in [0, 0.05) is 6.20 Å². The number of aliphatic hydroxyl groups excluding tert-OH is 1. The summed E-state index contributed by atoms with van der Waals surface area (Å²) >= 11 is 0. The molecular weight excluding hydrogens is 297 g/mol. The van der Waals surface area contributed by atoms with E-state index < -0.39 is 38.9 Å². The first-order valence-corrected chi connectivity index (χ1v) is 7.36. The molecule has 0 bridgehead atoms.